The van der Waals surface area contributed by atoms with E-state index in [0.717, 1.165) is 0 Å². The van der Waals surface area contributed by atoms with Crippen LogP contribution in [0.5, 0.6) is 0 Å². The van der Waals surface area contributed by atoms with Crippen molar-refractivity contribution < 1.29 is 89.1 Å². The van der Waals surface area contributed by atoms with Crippen molar-refractivity contribution in [2.24, 2.45) is 0 Å². The van der Waals surface area contributed by atoms with E-state index in [1.54, 1.807) is 0 Å². The summed E-state index contributed by atoms with van der Waals surface area (Å²) < 4.78 is 0. The van der Waals surface area contributed by atoms with Crippen LogP contribution in [0.1, 0.15) is 4.28 Å². The van der Waals surface area contributed by atoms with Crippen molar-refractivity contribution in [3.8, 4) is 0 Å². The topological polar surface area (TPSA) is 0 Å². The zero-order valence-electron chi connectivity index (χ0n) is 5.18. The molecule has 0 spiro atoms. The van der Waals surface area contributed by atoms with Crippen LogP contribution in [0.3, 0.4) is 0 Å². The van der Waals surface area contributed by atoms with Gasteiger partial charge in [0.2, 0.25) is 0 Å². The molecule has 0 atom stereocenters. The van der Waals surface area contributed by atoms with Gasteiger partial charge in [-0.25, -0.2) is 0 Å². The Morgan fingerprint density at radius 2 is 1.40 bits per heavy atom. The SMILES string of the molecule is [AlH3].[H+].[H-].[H-].[La].[Mg+2].[Ni].[Y]. The molecule has 0 aromatic rings. The van der Waals surface area contributed by atoms with Crippen LogP contribution in [0, 0.1) is 35.6 Å². The summed E-state index contributed by atoms with van der Waals surface area (Å²) in [5.41, 5.74) is 0. The third-order valence-corrected chi connectivity index (χ3v) is 0. The summed E-state index contributed by atoms with van der Waals surface area (Å²) in [6.07, 6.45) is 0. The second-order valence-electron chi connectivity index (χ2n) is 0. The summed E-state index contributed by atoms with van der Waals surface area (Å²) in [5.74, 6) is 0. The molecule has 0 rings (SSSR count). The molecule has 0 aliphatic heterocycles. The van der Waals surface area contributed by atoms with Gasteiger partial charge in [-0.05, 0) is 0 Å². The van der Waals surface area contributed by atoms with Crippen molar-refractivity contribution in [3.05, 3.63) is 0 Å². The largest absolute Gasteiger partial charge is 2.00 e. The fourth-order valence-corrected chi connectivity index (χ4v) is 0. The van der Waals surface area contributed by atoms with Crippen LogP contribution in [0.2, 0.25) is 0 Å². The molecule has 0 saturated carbocycles. The minimum absolute atomic E-state index is 0. The van der Waals surface area contributed by atoms with Crippen molar-refractivity contribution in [2.75, 3.05) is 0 Å². The van der Waals surface area contributed by atoms with Crippen LogP contribution in [-0.4, -0.2) is 40.4 Å². The summed E-state index contributed by atoms with van der Waals surface area (Å²) in [5, 5.41) is 0. The molecule has 0 bridgehead atoms. The first kappa shape index (κ1) is 35.6. The Bertz CT molecular complexity index is 19.2. The van der Waals surface area contributed by atoms with Gasteiger partial charge >= 0.3 is 24.5 Å². The second-order valence-corrected chi connectivity index (χ2v) is 0. The molecule has 0 aromatic carbocycles. The summed E-state index contributed by atoms with van der Waals surface area (Å²) in [4.78, 5) is 0. The molecule has 0 unspecified atom stereocenters. The van der Waals surface area contributed by atoms with Crippen molar-refractivity contribution in [1.82, 2.24) is 0 Å². The standard InChI is InChI=1S/Al.La.Mg.Ni.Y.5H/q;;+2;;;;;;2*-1/p+1. The Kier molecular flexibility index (Phi) is 173. The average Bonchev–Trinajstić information content (AvgIpc) is 0. The fourth-order valence-electron chi connectivity index (χ4n) is 0. The third-order valence-electron chi connectivity index (χ3n) is 0. The number of hydrogen-bond donors (Lipinski definition) is 0. The second kappa shape index (κ2) is 24.3. The van der Waals surface area contributed by atoms with Gasteiger partial charge in [-0.1, -0.05) is 0 Å². The quantitative estimate of drug-likeness (QED) is 0.483. The maximum absolute atomic E-state index is 0. The Balaban J connectivity index is 0. The Labute approximate surface area is 127 Å². The molecule has 2 radical (unpaired) electrons. The molecule has 5 heteroatoms. The molecular formula is H6AlLaMgNiY+. The minimum atomic E-state index is 0. The molecule has 5 heavy (non-hydrogen) atoms. The van der Waals surface area contributed by atoms with E-state index < -0.39 is 0 Å². The molecule has 0 aliphatic carbocycles. The predicted molar refractivity (Wildman–Crippen MR) is 19.0 cm³/mol. The normalized spacial score (nSPS) is 0. The van der Waals surface area contributed by atoms with Crippen LogP contribution >= 0.6 is 0 Å². The monoisotopic (exact) mass is 343 g/mol. The molecule has 0 saturated heterocycles. The summed E-state index contributed by atoms with van der Waals surface area (Å²) in [7, 11) is 0. The predicted octanol–water partition coefficient (Wildman–Crippen LogP) is -1.23. The number of rotatable bonds is 0. The molecule has 0 fully saturated rings. The average molecular weight is 344 g/mol. The van der Waals surface area contributed by atoms with Gasteiger partial charge in [-0.15, -0.1) is 0 Å². The molecular weight excluding hydrogens is 338 g/mol. The van der Waals surface area contributed by atoms with Gasteiger partial charge in [0.1, 0.15) is 0 Å². The van der Waals surface area contributed by atoms with Gasteiger partial charge in [0.15, 0.2) is 17.4 Å². The molecule has 0 nitrogen and oxygen atoms in total. The van der Waals surface area contributed by atoms with E-state index >= 15 is 0 Å². The van der Waals surface area contributed by atoms with Crippen molar-refractivity contribution >= 4 is 40.4 Å². The fraction of sp³-hybridized carbons (Fsp3) is 0. The first-order valence-electron chi connectivity index (χ1n) is 0. The van der Waals surface area contributed by atoms with E-state index in [1.807, 2.05) is 0 Å². The van der Waals surface area contributed by atoms with Gasteiger partial charge < -0.3 is 2.85 Å². The summed E-state index contributed by atoms with van der Waals surface area (Å²) >= 11 is 0. The van der Waals surface area contributed by atoms with E-state index in [-0.39, 0.29) is 129 Å². The van der Waals surface area contributed by atoms with Crippen LogP contribution in [0.15, 0.2) is 0 Å². The van der Waals surface area contributed by atoms with Crippen LogP contribution in [0.25, 0.3) is 0 Å². The van der Waals surface area contributed by atoms with E-state index in [4.69, 9.17) is 0 Å². The van der Waals surface area contributed by atoms with Gasteiger partial charge in [-0.3, -0.25) is 0 Å². The summed E-state index contributed by atoms with van der Waals surface area (Å²) in [6, 6.07) is 0. The molecule has 0 aromatic heterocycles. The number of hydrogen-bond acceptors (Lipinski definition) is 0. The van der Waals surface area contributed by atoms with Gasteiger partial charge in [0.25, 0.3) is 0 Å². The van der Waals surface area contributed by atoms with Crippen LogP contribution in [0.4, 0.5) is 0 Å². The minimum Gasteiger partial charge on any atom is -1.00 e. The molecule has 26 valence electrons. The smallest absolute Gasteiger partial charge is 1.00 e. The Morgan fingerprint density at radius 3 is 1.40 bits per heavy atom. The summed E-state index contributed by atoms with van der Waals surface area (Å²) in [6.45, 7) is 0. The van der Waals surface area contributed by atoms with Gasteiger partial charge in [0.05, 0.1) is 0 Å². The molecule has 0 heterocycles. The van der Waals surface area contributed by atoms with E-state index in [9.17, 15) is 0 Å². The van der Waals surface area contributed by atoms with E-state index in [2.05, 4.69) is 0 Å². The van der Waals surface area contributed by atoms with E-state index in [0.29, 0.717) is 0 Å². The van der Waals surface area contributed by atoms with Crippen LogP contribution < -0.4 is 0 Å². The molecule has 0 N–H and O–H groups in total. The zero-order chi connectivity index (χ0) is 0. The Morgan fingerprint density at radius 1 is 1.40 bits per heavy atom. The first-order chi connectivity index (χ1) is 0. The zero-order valence-corrected chi connectivity index (χ0v) is 11.0. The van der Waals surface area contributed by atoms with Crippen molar-refractivity contribution in [1.29, 1.82) is 0 Å². The Hall–Kier alpha value is 4.09. The maximum atomic E-state index is 0. The van der Waals surface area contributed by atoms with E-state index in [1.165, 1.54) is 0 Å². The van der Waals surface area contributed by atoms with Gasteiger partial charge in [0, 0.05) is 84.8 Å². The first-order valence-corrected chi connectivity index (χ1v) is 0. The molecule has 0 aliphatic rings. The van der Waals surface area contributed by atoms with Crippen molar-refractivity contribution in [2.45, 2.75) is 0 Å². The van der Waals surface area contributed by atoms with Gasteiger partial charge in [-0.2, -0.15) is 0 Å². The van der Waals surface area contributed by atoms with Crippen LogP contribution in [-0.2, 0) is 49.2 Å². The maximum Gasteiger partial charge on any atom is 2.00 e. The molecule has 0 amide bonds. The van der Waals surface area contributed by atoms with Crippen molar-refractivity contribution in [3.63, 3.8) is 0 Å². The third kappa shape index (κ3) is 17.9.